The van der Waals surface area contributed by atoms with Gasteiger partial charge in [-0.2, -0.15) is 0 Å². The van der Waals surface area contributed by atoms with Gasteiger partial charge in [0, 0.05) is 30.6 Å². The Bertz CT molecular complexity index is 1270. The fraction of sp³-hybridized carbons (Fsp3) is 0.364. The number of methoxy groups -OCH3 is 1. The van der Waals surface area contributed by atoms with Crippen LogP contribution in [0.15, 0.2) is 34.5 Å². The number of fused-ring (bicyclic) bond motifs is 1. The molecular formula is C22H26N8O3. The van der Waals surface area contributed by atoms with Crippen molar-refractivity contribution in [1.29, 1.82) is 10.8 Å². The molecule has 4 rings (SSSR count). The molecule has 172 valence electrons. The molecule has 0 aliphatic carbocycles. The second-order valence-corrected chi connectivity index (χ2v) is 7.95. The molecule has 0 unspecified atom stereocenters. The number of pyridine rings is 1. The summed E-state index contributed by atoms with van der Waals surface area (Å²) in [5.41, 5.74) is 3.29. The molecule has 11 nitrogen and oxygen atoms in total. The summed E-state index contributed by atoms with van der Waals surface area (Å²) in [6, 6.07) is 3.88. The number of hydrogen-bond donors (Lipinski definition) is 3. The van der Waals surface area contributed by atoms with Gasteiger partial charge >= 0.3 is 0 Å². The molecule has 0 atom stereocenters. The van der Waals surface area contributed by atoms with Crippen molar-refractivity contribution in [2.45, 2.75) is 20.4 Å². The molecule has 4 heterocycles. The number of nitrogens with zero attached hydrogens (tertiary/aromatic N) is 5. The summed E-state index contributed by atoms with van der Waals surface area (Å²) >= 11 is 0. The predicted molar refractivity (Wildman–Crippen MR) is 125 cm³/mol. The molecule has 3 N–H and O–H groups in total. The van der Waals surface area contributed by atoms with Crippen molar-refractivity contribution in [3.8, 4) is 11.1 Å². The van der Waals surface area contributed by atoms with E-state index in [9.17, 15) is 0 Å². The summed E-state index contributed by atoms with van der Waals surface area (Å²) in [6.07, 6.45) is 4.45. The number of nitrogens with one attached hydrogen (secondary N) is 3. The van der Waals surface area contributed by atoms with Crippen LogP contribution >= 0.6 is 0 Å². The summed E-state index contributed by atoms with van der Waals surface area (Å²) in [4.78, 5) is 20.4. The molecule has 33 heavy (non-hydrogen) atoms. The highest BCUT2D eigenvalue weighted by Gasteiger charge is 2.40. The lowest BCUT2D eigenvalue weighted by atomic mass is 9.88. The number of aromatic amines is 1. The van der Waals surface area contributed by atoms with E-state index < -0.39 is 5.41 Å². The van der Waals surface area contributed by atoms with Crippen molar-refractivity contribution in [2.24, 2.45) is 15.4 Å². The van der Waals surface area contributed by atoms with Gasteiger partial charge in [0.1, 0.15) is 24.4 Å². The molecule has 3 aromatic rings. The van der Waals surface area contributed by atoms with Gasteiger partial charge in [-0.15, -0.1) is 0 Å². The van der Waals surface area contributed by atoms with Crippen LogP contribution in [-0.4, -0.2) is 70.9 Å². The number of hydrogen-bond acceptors (Lipinski definition) is 8. The normalized spacial score (nSPS) is 15.9. The van der Waals surface area contributed by atoms with Gasteiger partial charge in [0.25, 0.3) is 0 Å². The van der Waals surface area contributed by atoms with Crippen LogP contribution in [0.1, 0.15) is 18.4 Å². The number of rotatable bonds is 6. The highest BCUT2D eigenvalue weighted by Crippen LogP contribution is 2.29. The molecule has 0 radical (unpaired) electrons. The van der Waals surface area contributed by atoms with E-state index in [2.05, 4.69) is 24.9 Å². The monoisotopic (exact) mass is 450 g/mol. The summed E-state index contributed by atoms with van der Waals surface area (Å²) < 4.78 is 18.3. The Balaban J connectivity index is 1.68. The third kappa shape index (κ3) is 4.14. The molecule has 1 aliphatic heterocycles. The first kappa shape index (κ1) is 22.3. The van der Waals surface area contributed by atoms with Gasteiger partial charge in [0.15, 0.2) is 11.5 Å². The smallest absolute Gasteiger partial charge is 0.239 e. The summed E-state index contributed by atoms with van der Waals surface area (Å²) in [6.45, 7) is 5.06. The van der Waals surface area contributed by atoms with Gasteiger partial charge < -0.3 is 23.8 Å². The van der Waals surface area contributed by atoms with E-state index in [0.717, 1.165) is 28.8 Å². The van der Waals surface area contributed by atoms with Gasteiger partial charge in [0.05, 0.1) is 31.3 Å². The molecular weight excluding hydrogens is 424 g/mol. The van der Waals surface area contributed by atoms with Crippen molar-refractivity contribution in [1.82, 2.24) is 19.5 Å². The van der Waals surface area contributed by atoms with Crippen molar-refractivity contribution in [2.75, 3.05) is 27.4 Å². The third-order valence-corrected chi connectivity index (χ3v) is 5.60. The Hall–Kier alpha value is -3.86. The number of aromatic nitrogens is 4. The summed E-state index contributed by atoms with van der Waals surface area (Å²) in [7, 11) is 3.15. The van der Waals surface area contributed by atoms with Crippen molar-refractivity contribution in [3.05, 3.63) is 36.0 Å². The van der Waals surface area contributed by atoms with Gasteiger partial charge in [0.2, 0.25) is 11.8 Å². The fourth-order valence-corrected chi connectivity index (χ4v) is 3.59. The Morgan fingerprint density at radius 3 is 2.85 bits per heavy atom. The van der Waals surface area contributed by atoms with E-state index >= 15 is 0 Å². The minimum Gasteiger partial charge on any atom is -0.479 e. The Labute approximate surface area is 190 Å². The Morgan fingerprint density at radius 2 is 2.21 bits per heavy atom. The molecule has 1 aliphatic rings. The third-order valence-electron chi connectivity index (χ3n) is 5.60. The SMILES string of the molecule is CN=C(Cn1c(C)nc2ncc(-c3cc[nH]c3C(=NC=N)OC)cc21)OC(=N)C1(C)COC1. The van der Waals surface area contributed by atoms with Crippen LogP contribution in [0.5, 0.6) is 0 Å². The van der Waals surface area contributed by atoms with E-state index in [-0.39, 0.29) is 5.90 Å². The van der Waals surface area contributed by atoms with E-state index in [1.165, 1.54) is 7.11 Å². The van der Waals surface area contributed by atoms with E-state index in [1.54, 1.807) is 19.4 Å². The zero-order valence-corrected chi connectivity index (χ0v) is 19.0. The topological polar surface area (TPSA) is 147 Å². The second kappa shape index (κ2) is 8.94. The van der Waals surface area contributed by atoms with Gasteiger partial charge in [-0.1, -0.05) is 0 Å². The highest BCUT2D eigenvalue weighted by molar-refractivity contribution is 6.02. The van der Waals surface area contributed by atoms with Crippen molar-refractivity contribution in [3.63, 3.8) is 0 Å². The number of H-pyrrole nitrogens is 1. The van der Waals surface area contributed by atoms with Crippen LogP contribution in [0.3, 0.4) is 0 Å². The van der Waals surface area contributed by atoms with E-state index in [4.69, 9.17) is 25.0 Å². The van der Waals surface area contributed by atoms with Crippen LogP contribution in [-0.2, 0) is 20.8 Å². The van der Waals surface area contributed by atoms with E-state index in [1.807, 2.05) is 30.5 Å². The molecule has 1 fully saturated rings. The highest BCUT2D eigenvalue weighted by atomic mass is 16.5. The molecule has 3 aromatic heterocycles. The van der Waals surface area contributed by atoms with Crippen molar-refractivity contribution >= 4 is 35.2 Å². The van der Waals surface area contributed by atoms with Crippen molar-refractivity contribution < 1.29 is 14.2 Å². The molecule has 0 spiro atoms. The van der Waals surface area contributed by atoms with Crippen LogP contribution in [0.25, 0.3) is 22.3 Å². The van der Waals surface area contributed by atoms with Gasteiger partial charge in [-0.25, -0.2) is 15.0 Å². The lowest BCUT2D eigenvalue weighted by Crippen LogP contribution is -2.47. The number of imidazole rings is 1. The molecule has 0 amide bonds. The van der Waals surface area contributed by atoms with Crippen LogP contribution in [0, 0.1) is 23.2 Å². The Morgan fingerprint density at radius 1 is 1.42 bits per heavy atom. The average Bonchev–Trinajstić information content (AvgIpc) is 3.39. The first-order valence-electron chi connectivity index (χ1n) is 10.3. The molecule has 11 heteroatoms. The van der Waals surface area contributed by atoms with Gasteiger partial charge in [-0.3, -0.25) is 15.8 Å². The zero-order chi connectivity index (χ0) is 23.6. The summed E-state index contributed by atoms with van der Waals surface area (Å²) in [5, 5.41) is 15.6. The molecule has 0 saturated carbocycles. The molecule has 0 aromatic carbocycles. The predicted octanol–water partition coefficient (Wildman–Crippen LogP) is 2.79. The molecule has 1 saturated heterocycles. The first-order valence-corrected chi connectivity index (χ1v) is 10.3. The summed E-state index contributed by atoms with van der Waals surface area (Å²) in [5.74, 6) is 1.60. The second-order valence-electron chi connectivity index (χ2n) is 7.95. The van der Waals surface area contributed by atoms with E-state index in [0.29, 0.717) is 42.9 Å². The quantitative estimate of drug-likeness (QED) is 0.390. The minimum atomic E-state index is -0.418. The number of aliphatic imine (C=N–C) groups is 2. The largest absolute Gasteiger partial charge is 0.479 e. The number of aryl methyl sites for hydroxylation is 1. The van der Waals surface area contributed by atoms with Crippen LogP contribution in [0.2, 0.25) is 0 Å². The Kier molecular flexibility index (Phi) is 6.05. The maximum absolute atomic E-state index is 8.30. The minimum absolute atomic E-state index is 0.143. The van der Waals surface area contributed by atoms with Crippen LogP contribution < -0.4 is 0 Å². The standard InChI is InChI=1S/C22H26N8O3/c1-13-29-19-16(30(13)9-17(25-3)33-21(24)22(2)10-32-11-22)7-14(8-27-19)15-5-6-26-18(15)20(31-4)28-12-23/h5-8,12,23-24,26H,9-11H2,1-4H3. The molecule has 0 bridgehead atoms. The fourth-order valence-electron chi connectivity index (χ4n) is 3.59. The average molecular weight is 451 g/mol. The maximum atomic E-state index is 8.30. The first-order chi connectivity index (χ1) is 15.9. The lowest BCUT2D eigenvalue weighted by molar-refractivity contribution is -0.0666. The lowest BCUT2D eigenvalue weighted by Gasteiger charge is -2.37. The van der Waals surface area contributed by atoms with Crippen LogP contribution in [0.4, 0.5) is 0 Å². The van der Waals surface area contributed by atoms with Gasteiger partial charge in [-0.05, 0) is 26.0 Å². The maximum Gasteiger partial charge on any atom is 0.239 e. The number of ether oxygens (including phenoxy) is 3. The zero-order valence-electron chi connectivity index (χ0n) is 19.0.